The normalized spacial score (nSPS) is 11.9. The van der Waals surface area contributed by atoms with Gasteiger partial charge in [0, 0.05) is 25.1 Å². The first-order valence-corrected chi connectivity index (χ1v) is 15.6. The van der Waals surface area contributed by atoms with Crippen molar-refractivity contribution >= 4 is 27.5 Å². The summed E-state index contributed by atoms with van der Waals surface area (Å²) in [6.07, 6.45) is 0.155. The summed E-state index contributed by atoms with van der Waals surface area (Å²) in [4.78, 5) is 29.2. The highest BCUT2D eigenvalue weighted by Gasteiger charge is 2.35. The molecule has 0 aromatic heterocycles. The average molecular weight is 602 g/mol. The standard InChI is InChI=1S/C34H36FN3O4S/c1-4-36-34(40)32(22-27-13-7-5-8-14-27)37(23-28-15-11-12-18-30(28)35)33(39)24-38(31-20-19-25(2)21-26(31)3)43(41,42)29-16-9-6-10-17-29/h5-21,32H,4,22-24H2,1-3H3,(H,36,40). The number of aryl methyl sites for hydroxylation is 2. The van der Waals surface area contributed by atoms with Crippen LogP contribution < -0.4 is 9.62 Å². The summed E-state index contributed by atoms with van der Waals surface area (Å²) in [6, 6.07) is 27.4. The maximum atomic E-state index is 14.9. The van der Waals surface area contributed by atoms with E-state index in [4.69, 9.17) is 0 Å². The van der Waals surface area contributed by atoms with Crippen molar-refractivity contribution in [2.75, 3.05) is 17.4 Å². The number of anilines is 1. The minimum Gasteiger partial charge on any atom is -0.355 e. The molecule has 43 heavy (non-hydrogen) atoms. The molecule has 1 N–H and O–H groups in total. The molecular formula is C34H36FN3O4S. The van der Waals surface area contributed by atoms with Gasteiger partial charge in [0.25, 0.3) is 10.0 Å². The zero-order chi connectivity index (χ0) is 31.0. The number of rotatable bonds is 12. The number of nitrogens with one attached hydrogen (secondary N) is 1. The van der Waals surface area contributed by atoms with Crippen molar-refractivity contribution in [2.24, 2.45) is 0 Å². The van der Waals surface area contributed by atoms with E-state index < -0.39 is 40.2 Å². The Labute approximate surface area is 253 Å². The van der Waals surface area contributed by atoms with Crippen LogP contribution in [0.4, 0.5) is 10.1 Å². The number of hydrogen-bond donors (Lipinski definition) is 1. The van der Waals surface area contributed by atoms with Crippen LogP contribution in [0.2, 0.25) is 0 Å². The Hall–Kier alpha value is -4.50. The van der Waals surface area contributed by atoms with Gasteiger partial charge < -0.3 is 10.2 Å². The van der Waals surface area contributed by atoms with Gasteiger partial charge in [-0.25, -0.2) is 12.8 Å². The lowest BCUT2D eigenvalue weighted by Gasteiger charge is -2.34. The van der Waals surface area contributed by atoms with Crippen LogP contribution in [0.25, 0.3) is 0 Å². The fraction of sp³-hybridized carbons (Fsp3) is 0.235. The lowest BCUT2D eigenvalue weighted by molar-refractivity contribution is -0.140. The van der Waals surface area contributed by atoms with Crippen LogP contribution >= 0.6 is 0 Å². The Morgan fingerprint density at radius 3 is 2.12 bits per heavy atom. The zero-order valence-corrected chi connectivity index (χ0v) is 25.4. The van der Waals surface area contributed by atoms with Gasteiger partial charge in [0.15, 0.2) is 0 Å². The fourth-order valence-electron chi connectivity index (χ4n) is 4.97. The molecule has 1 atom stereocenters. The van der Waals surface area contributed by atoms with E-state index in [1.165, 1.54) is 23.1 Å². The molecule has 0 spiro atoms. The van der Waals surface area contributed by atoms with Crippen molar-refractivity contribution < 1.29 is 22.4 Å². The molecule has 9 heteroatoms. The van der Waals surface area contributed by atoms with Crippen LogP contribution in [0.15, 0.2) is 108 Å². The van der Waals surface area contributed by atoms with Crippen molar-refractivity contribution in [1.29, 1.82) is 0 Å². The van der Waals surface area contributed by atoms with Crippen molar-refractivity contribution in [1.82, 2.24) is 10.2 Å². The molecule has 0 saturated heterocycles. The first kappa shape index (κ1) is 31.4. The number of benzene rings is 4. The Bertz CT molecular complexity index is 1660. The molecule has 1 unspecified atom stereocenters. The van der Waals surface area contributed by atoms with Crippen LogP contribution in [0.5, 0.6) is 0 Å². The monoisotopic (exact) mass is 601 g/mol. The molecule has 2 amide bonds. The van der Waals surface area contributed by atoms with Gasteiger partial charge in [0.1, 0.15) is 18.4 Å². The number of halogens is 1. The second kappa shape index (κ2) is 14.1. The number of carbonyl (C=O) groups excluding carboxylic acids is 2. The van der Waals surface area contributed by atoms with Gasteiger partial charge in [-0.2, -0.15) is 0 Å². The van der Waals surface area contributed by atoms with Crippen LogP contribution in [0.3, 0.4) is 0 Å². The van der Waals surface area contributed by atoms with Crippen molar-refractivity contribution in [3.05, 3.63) is 131 Å². The Morgan fingerprint density at radius 2 is 1.49 bits per heavy atom. The van der Waals surface area contributed by atoms with Gasteiger partial charge in [-0.05, 0) is 56.2 Å². The third kappa shape index (κ3) is 7.67. The van der Waals surface area contributed by atoms with Crippen LogP contribution in [-0.2, 0) is 32.6 Å². The van der Waals surface area contributed by atoms with E-state index in [0.29, 0.717) is 17.8 Å². The van der Waals surface area contributed by atoms with E-state index in [2.05, 4.69) is 5.32 Å². The minimum atomic E-state index is -4.20. The summed E-state index contributed by atoms with van der Waals surface area (Å²) < 4.78 is 44.1. The third-order valence-electron chi connectivity index (χ3n) is 7.15. The minimum absolute atomic E-state index is 0.0213. The quantitative estimate of drug-likeness (QED) is 0.235. The van der Waals surface area contributed by atoms with E-state index in [1.54, 1.807) is 62.4 Å². The lowest BCUT2D eigenvalue weighted by atomic mass is 10.0. The van der Waals surface area contributed by atoms with Gasteiger partial charge >= 0.3 is 0 Å². The molecule has 0 aliphatic carbocycles. The third-order valence-corrected chi connectivity index (χ3v) is 8.93. The van der Waals surface area contributed by atoms with Gasteiger partial charge in [0.2, 0.25) is 11.8 Å². The van der Waals surface area contributed by atoms with Gasteiger partial charge in [-0.1, -0.05) is 84.4 Å². The highest BCUT2D eigenvalue weighted by molar-refractivity contribution is 7.92. The maximum absolute atomic E-state index is 14.9. The largest absolute Gasteiger partial charge is 0.355 e. The van der Waals surface area contributed by atoms with Crippen molar-refractivity contribution in [2.45, 2.75) is 44.7 Å². The molecule has 0 fully saturated rings. The molecule has 0 aliphatic rings. The maximum Gasteiger partial charge on any atom is 0.264 e. The molecule has 0 saturated carbocycles. The summed E-state index contributed by atoms with van der Waals surface area (Å²) in [6.45, 7) is 4.95. The number of likely N-dealkylation sites (N-methyl/N-ethyl adjacent to an activating group) is 1. The Balaban J connectivity index is 1.82. The second-order valence-corrected chi connectivity index (χ2v) is 12.2. The smallest absolute Gasteiger partial charge is 0.264 e. The van der Waals surface area contributed by atoms with E-state index in [0.717, 1.165) is 15.4 Å². The number of sulfonamides is 1. The van der Waals surface area contributed by atoms with Gasteiger partial charge in [-0.15, -0.1) is 0 Å². The van der Waals surface area contributed by atoms with Gasteiger partial charge in [-0.3, -0.25) is 13.9 Å². The van der Waals surface area contributed by atoms with Crippen molar-refractivity contribution in [3.63, 3.8) is 0 Å². The summed E-state index contributed by atoms with van der Waals surface area (Å²) in [7, 11) is -4.20. The Morgan fingerprint density at radius 1 is 0.860 bits per heavy atom. The summed E-state index contributed by atoms with van der Waals surface area (Å²) in [5.41, 5.74) is 2.95. The highest BCUT2D eigenvalue weighted by Crippen LogP contribution is 2.28. The summed E-state index contributed by atoms with van der Waals surface area (Å²) in [5.74, 6) is -1.59. The Kier molecular flexibility index (Phi) is 10.3. The molecule has 4 aromatic rings. The van der Waals surface area contributed by atoms with Crippen LogP contribution in [0, 0.1) is 19.7 Å². The molecule has 0 radical (unpaired) electrons. The lowest BCUT2D eigenvalue weighted by Crippen LogP contribution is -2.53. The van der Waals surface area contributed by atoms with E-state index in [1.807, 2.05) is 43.3 Å². The second-order valence-electron chi connectivity index (χ2n) is 10.3. The zero-order valence-electron chi connectivity index (χ0n) is 24.5. The highest BCUT2D eigenvalue weighted by atomic mass is 32.2. The van der Waals surface area contributed by atoms with Gasteiger partial charge in [0.05, 0.1) is 10.6 Å². The molecule has 4 rings (SSSR count). The van der Waals surface area contributed by atoms with E-state index in [-0.39, 0.29) is 23.4 Å². The molecular weight excluding hydrogens is 565 g/mol. The van der Waals surface area contributed by atoms with Crippen LogP contribution in [-0.4, -0.2) is 44.3 Å². The molecule has 7 nitrogen and oxygen atoms in total. The molecule has 0 heterocycles. The predicted molar refractivity (Wildman–Crippen MR) is 166 cm³/mol. The summed E-state index contributed by atoms with van der Waals surface area (Å²) in [5, 5.41) is 2.80. The SMILES string of the molecule is CCNC(=O)C(Cc1ccccc1)N(Cc1ccccc1F)C(=O)CN(c1ccc(C)cc1C)S(=O)(=O)c1ccccc1. The van der Waals surface area contributed by atoms with Crippen LogP contribution in [0.1, 0.15) is 29.2 Å². The molecule has 0 bridgehead atoms. The first-order valence-electron chi connectivity index (χ1n) is 14.1. The predicted octanol–water partition coefficient (Wildman–Crippen LogP) is 5.41. The number of amides is 2. The number of carbonyl (C=O) groups is 2. The van der Waals surface area contributed by atoms with E-state index in [9.17, 15) is 22.4 Å². The van der Waals surface area contributed by atoms with Crippen molar-refractivity contribution in [3.8, 4) is 0 Å². The number of hydrogen-bond acceptors (Lipinski definition) is 4. The number of nitrogens with zero attached hydrogens (tertiary/aromatic N) is 2. The fourth-order valence-corrected chi connectivity index (χ4v) is 6.47. The molecule has 0 aliphatic heterocycles. The molecule has 4 aromatic carbocycles. The topological polar surface area (TPSA) is 86.8 Å². The summed E-state index contributed by atoms with van der Waals surface area (Å²) >= 11 is 0. The average Bonchev–Trinajstić information content (AvgIpc) is 3.00. The van der Waals surface area contributed by atoms with E-state index >= 15 is 0 Å². The first-order chi connectivity index (χ1) is 20.6. The molecule has 224 valence electrons.